The van der Waals surface area contributed by atoms with E-state index in [1.54, 1.807) is 0 Å². The fourth-order valence-corrected chi connectivity index (χ4v) is 5.85. The monoisotopic (exact) mass is 496 g/mol. The second-order valence-corrected chi connectivity index (χ2v) is 10.5. The Kier molecular flexibility index (Phi) is 8.34. The Morgan fingerprint density at radius 1 is 1.17 bits per heavy atom. The topological polar surface area (TPSA) is 74.2 Å². The van der Waals surface area contributed by atoms with Gasteiger partial charge in [0.1, 0.15) is 0 Å². The molecule has 3 aliphatic heterocycles. The van der Waals surface area contributed by atoms with Crippen molar-refractivity contribution >= 4 is 28.8 Å². The molecule has 35 heavy (non-hydrogen) atoms. The lowest BCUT2D eigenvalue weighted by Crippen LogP contribution is -2.39. The van der Waals surface area contributed by atoms with Crippen molar-refractivity contribution in [2.45, 2.75) is 58.4 Å². The van der Waals surface area contributed by atoms with Crippen LogP contribution in [0, 0.1) is 0 Å². The maximum atomic E-state index is 12.9. The van der Waals surface area contributed by atoms with Gasteiger partial charge < -0.3 is 19.9 Å². The van der Waals surface area contributed by atoms with E-state index in [4.69, 9.17) is 9.73 Å². The molecule has 1 aromatic carbocycles. The second-order valence-electron chi connectivity index (χ2n) is 9.64. The van der Waals surface area contributed by atoms with Crippen LogP contribution in [0.25, 0.3) is 0 Å². The highest BCUT2D eigenvalue weighted by Gasteiger charge is 2.41. The number of esters is 1. The molecular formula is C27H36N4O3S. The van der Waals surface area contributed by atoms with E-state index in [2.05, 4.69) is 48.3 Å². The molecule has 7 nitrogen and oxygen atoms in total. The number of allylic oxidation sites excluding steroid dienone is 1. The number of carbonyl (C=O) groups is 2. The summed E-state index contributed by atoms with van der Waals surface area (Å²) in [4.78, 5) is 34.9. The highest BCUT2D eigenvalue weighted by atomic mass is 32.2. The van der Waals surface area contributed by atoms with Gasteiger partial charge in [-0.05, 0) is 55.3 Å². The molecule has 1 saturated heterocycles. The molecule has 0 saturated carbocycles. The van der Waals surface area contributed by atoms with Gasteiger partial charge in [0.2, 0.25) is 5.91 Å². The molecule has 0 radical (unpaired) electrons. The van der Waals surface area contributed by atoms with Crippen LogP contribution in [-0.4, -0.2) is 60.1 Å². The normalized spacial score (nSPS) is 20.5. The molecule has 3 heterocycles. The molecule has 0 aliphatic carbocycles. The van der Waals surface area contributed by atoms with Gasteiger partial charge in [-0.3, -0.25) is 4.79 Å². The Morgan fingerprint density at radius 3 is 2.54 bits per heavy atom. The van der Waals surface area contributed by atoms with Gasteiger partial charge in [-0.15, -0.1) is 0 Å². The number of rotatable bonds is 8. The zero-order chi connectivity index (χ0) is 24.9. The van der Waals surface area contributed by atoms with E-state index in [0.717, 1.165) is 36.1 Å². The lowest BCUT2D eigenvalue weighted by atomic mass is 9.92. The van der Waals surface area contributed by atoms with Gasteiger partial charge in [-0.1, -0.05) is 56.3 Å². The lowest BCUT2D eigenvalue weighted by Gasteiger charge is -2.36. The molecular weight excluding hydrogens is 460 g/mol. The predicted octanol–water partition coefficient (Wildman–Crippen LogP) is 4.55. The summed E-state index contributed by atoms with van der Waals surface area (Å²) in [5.41, 5.74) is 4.21. The van der Waals surface area contributed by atoms with Crippen LogP contribution in [0.2, 0.25) is 0 Å². The van der Waals surface area contributed by atoms with E-state index in [9.17, 15) is 9.59 Å². The third-order valence-corrected chi connectivity index (χ3v) is 7.75. The van der Waals surface area contributed by atoms with Crippen LogP contribution in [0.15, 0.2) is 51.6 Å². The predicted molar refractivity (Wildman–Crippen MR) is 141 cm³/mol. The Hall–Kier alpha value is -2.58. The molecule has 1 atom stereocenters. The molecule has 0 spiro atoms. The number of thioether (sulfide) groups is 1. The number of amides is 1. The highest BCUT2D eigenvalue weighted by Crippen LogP contribution is 2.44. The van der Waals surface area contributed by atoms with Crippen molar-refractivity contribution < 1.29 is 14.3 Å². The molecule has 8 heteroatoms. The summed E-state index contributed by atoms with van der Waals surface area (Å²) in [7, 11) is 1.39. The number of nitrogens with zero attached hydrogens (tertiary/aromatic N) is 3. The second kappa shape index (κ2) is 11.4. The van der Waals surface area contributed by atoms with Crippen molar-refractivity contribution in [3.8, 4) is 0 Å². The van der Waals surface area contributed by atoms with Crippen molar-refractivity contribution in [2.75, 3.05) is 33.3 Å². The smallest absolute Gasteiger partial charge is 0.338 e. The molecule has 188 valence electrons. The molecule has 0 bridgehead atoms. The first-order valence-electron chi connectivity index (χ1n) is 12.5. The summed E-state index contributed by atoms with van der Waals surface area (Å²) in [6.45, 7) is 9.92. The summed E-state index contributed by atoms with van der Waals surface area (Å²) in [5, 5.41) is 5.84. The van der Waals surface area contributed by atoms with Crippen molar-refractivity contribution in [3.63, 3.8) is 0 Å². The van der Waals surface area contributed by atoms with Crippen LogP contribution in [0.3, 0.4) is 0 Å². The average Bonchev–Trinajstić information content (AvgIpc) is 3.25. The lowest BCUT2D eigenvalue weighted by molar-refractivity contribution is -0.136. The van der Waals surface area contributed by atoms with Gasteiger partial charge in [-0.25, -0.2) is 9.79 Å². The van der Waals surface area contributed by atoms with Crippen LogP contribution in [-0.2, 0) is 14.3 Å². The molecule has 1 aromatic rings. The van der Waals surface area contributed by atoms with Crippen LogP contribution in [0.1, 0.15) is 69.5 Å². The highest BCUT2D eigenvalue weighted by molar-refractivity contribution is 8.16. The minimum atomic E-state index is -0.398. The van der Waals surface area contributed by atoms with Crippen LogP contribution in [0.4, 0.5) is 0 Å². The van der Waals surface area contributed by atoms with E-state index in [0.29, 0.717) is 23.7 Å². The SMILES string of the molecule is COC(=O)C1=C(C)N=C2SC=C(CC(=O)NCCN3CCCCC3)N2C1c1ccc(C(C)C)cc1. The fraction of sp³-hybridized carbons (Fsp3) is 0.519. The quantitative estimate of drug-likeness (QED) is 0.532. The van der Waals surface area contributed by atoms with E-state index in [1.165, 1.54) is 43.7 Å². The third-order valence-electron chi connectivity index (χ3n) is 6.87. The summed E-state index contributed by atoms with van der Waals surface area (Å²) in [6, 6.07) is 7.96. The number of amidine groups is 1. The maximum Gasteiger partial charge on any atom is 0.338 e. The summed E-state index contributed by atoms with van der Waals surface area (Å²) < 4.78 is 5.15. The molecule has 1 amide bonds. The first-order chi connectivity index (χ1) is 16.9. The number of ether oxygens (including phenoxy) is 1. The van der Waals surface area contributed by atoms with Gasteiger partial charge in [0.25, 0.3) is 0 Å². The van der Waals surface area contributed by atoms with Gasteiger partial charge in [0, 0.05) is 18.8 Å². The Labute approximate surface area is 212 Å². The third kappa shape index (κ3) is 5.81. The van der Waals surface area contributed by atoms with E-state index < -0.39 is 12.0 Å². The summed E-state index contributed by atoms with van der Waals surface area (Å²) in [6.07, 6.45) is 4.02. The number of benzene rings is 1. The minimum absolute atomic E-state index is 0.0186. The van der Waals surface area contributed by atoms with Gasteiger partial charge in [0.15, 0.2) is 5.17 Å². The molecule has 4 rings (SSSR count). The van der Waals surface area contributed by atoms with E-state index in [-0.39, 0.29) is 12.3 Å². The molecule has 1 N–H and O–H groups in total. The fourth-order valence-electron chi connectivity index (χ4n) is 4.88. The van der Waals surface area contributed by atoms with Gasteiger partial charge in [-0.2, -0.15) is 0 Å². The number of hydrogen-bond donors (Lipinski definition) is 1. The summed E-state index contributed by atoms with van der Waals surface area (Å²) in [5.74, 6) is -0.00306. The number of methoxy groups -OCH3 is 1. The van der Waals surface area contributed by atoms with E-state index in [1.807, 2.05) is 17.2 Å². The van der Waals surface area contributed by atoms with Crippen molar-refractivity contribution in [3.05, 3.63) is 57.8 Å². The van der Waals surface area contributed by atoms with Crippen LogP contribution >= 0.6 is 11.8 Å². The molecule has 0 aromatic heterocycles. The summed E-state index contributed by atoms with van der Waals surface area (Å²) >= 11 is 1.49. The first kappa shape index (κ1) is 25.5. The number of aliphatic imine (C=N–C) groups is 1. The zero-order valence-electron chi connectivity index (χ0n) is 21.2. The average molecular weight is 497 g/mol. The number of nitrogens with one attached hydrogen (secondary N) is 1. The number of likely N-dealkylation sites (tertiary alicyclic amines) is 1. The molecule has 1 unspecified atom stereocenters. The maximum absolute atomic E-state index is 12.9. The number of carbonyl (C=O) groups excluding carboxylic acids is 2. The first-order valence-corrected chi connectivity index (χ1v) is 13.4. The standard InChI is InChI=1S/C27H36N4O3S/c1-18(2)20-8-10-21(11-9-20)25-24(26(33)34-4)19(3)29-27-31(25)22(17-35-27)16-23(32)28-12-15-30-13-6-5-7-14-30/h8-11,17-18,25H,5-7,12-16H2,1-4H3,(H,28,32). The van der Waals surface area contributed by atoms with Gasteiger partial charge in [0.05, 0.1) is 30.8 Å². The number of hydrogen-bond acceptors (Lipinski definition) is 7. The van der Waals surface area contributed by atoms with Crippen LogP contribution in [0.5, 0.6) is 0 Å². The zero-order valence-corrected chi connectivity index (χ0v) is 22.0. The Balaban J connectivity index is 1.52. The van der Waals surface area contributed by atoms with Crippen molar-refractivity contribution in [1.29, 1.82) is 0 Å². The van der Waals surface area contributed by atoms with Crippen molar-refractivity contribution in [2.24, 2.45) is 4.99 Å². The number of fused-ring (bicyclic) bond motifs is 1. The van der Waals surface area contributed by atoms with Crippen molar-refractivity contribution in [1.82, 2.24) is 15.1 Å². The van der Waals surface area contributed by atoms with E-state index >= 15 is 0 Å². The molecule has 1 fully saturated rings. The minimum Gasteiger partial charge on any atom is -0.466 e. The Morgan fingerprint density at radius 2 is 1.89 bits per heavy atom. The largest absolute Gasteiger partial charge is 0.466 e. The number of piperidine rings is 1. The van der Waals surface area contributed by atoms with Gasteiger partial charge >= 0.3 is 5.97 Å². The Bertz CT molecular complexity index is 1040. The molecule has 3 aliphatic rings. The van der Waals surface area contributed by atoms with Crippen LogP contribution < -0.4 is 5.32 Å².